The maximum absolute atomic E-state index is 13.3. The molecule has 1 aliphatic carbocycles. The van der Waals surface area contributed by atoms with Gasteiger partial charge in [-0.3, -0.25) is 9.36 Å². The molecule has 0 radical (unpaired) electrons. The van der Waals surface area contributed by atoms with Crippen LogP contribution in [0.3, 0.4) is 0 Å². The molecule has 1 fully saturated rings. The lowest BCUT2D eigenvalue weighted by atomic mass is 9.98. The number of esters is 1. The van der Waals surface area contributed by atoms with E-state index in [1.54, 1.807) is 17.8 Å². The summed E-state index contributed by atoms with van der Waals surface area (Å²) < 4.78 is 13.2. The van der Waals surface area contributed by atoms with Crippen molar-refractivity contribution in [2.45, 2.75) is 51.7 Å². The van der Waals surface area contributed by atoms with Gasteiger partial charge < -0.3 is 9.47 Å². The molecule has 2 aromatic carbocycles. The van der Waals surface area contributed by atoms with Crippen molar-refractivity contribution in [2.75, 3.05) is 0 Å². The van der Waals surface area contributed by atoms with E-state index in [-0.39, 0.29) is 17.6 Å². The van der Waals surface area contributed by atoms with E-state index in [2.05, 4.69) is 4.98 Å². The van der Waals surface area contributed by atoms with E-state index in [9.17, 15) is 9.59 Å². The first-order valence-electron chi connectivity index (χ1n) is 11.6. The summed E-state index contributed by atoms with van der Waals surface area (Å²) in [6.07, 6.45) is 6.71. The van der Waals surface area contributed by atoms with Crippen LogP contribution in [0.1, 0.15) is 52.9 Å². The number of ether oxygens (including phenoxy) is 2. The van der Waals surface area contributed by atoms with Crippen molar-refractivity contribution in [3.63, 3.8) is 0 Å². The quantitative estimate of drug-likeness (QED) is 0.316. The van der Waals surface area contributed by atoms with Gasteiger partial charge in [-0.05, 0) is 68.0 Å². The van der Waals surface area contributed by atoms with Gasteiger partial charge >= 0.3 is 5.97 Å². The van der Waals surface area contributed by atoms with Crippen LogP contribution in [0, 0.1) is 6.92 Å². The lowest BCUT2D eigenvalue weighted by Crippen LogP contribution is -2.22. The van der Waals surface area contributed by atoms with Crippen LogP contribution in [0.2, 0.25) is 0 Å². The predicted octanol–water partition coefficient (Wildman–Crippen LogP) is 6.10. The van der Waals surface area contributed by atoms with Gasteiger partial charge in [0.25, 0.3) is 5.56 Å². The Morgan fingerprint density at radius 1 is 1.06 bits per heavy atom. The molecule has 2 aromatic heterocycles. The average Bonchev–Trinajstić information content (AvgIpc) is 3.19. The Labute approximate surface area is 201 Å². The molecule has 0 spiro atoms. The van der Waals surface area contributed by atoms with Crippen molar-refractivity contribution in [1.29, 1.82) is 0 Å². The van der Waals surface area contributed by atoms with E-state index >= 15 is 0 Å². The molecule has 6 nitrogen and oxygen atoms in total. The van der Waals surface area contributed by atoms with Gasteiger partial charge in [0.2, 0.25) is 0 Å². The van der Waals surface area contributed by atoms with Crippen LogP contribution in [-0.2, 0) is 11.3 Å². The number of hydrogen-bond donors (Lipinski definition) is 0. The second-order valence-electron chi connectivity index (χ2n) is 8.64. The Bertz CT molecular complexity index is 1370. The minimum atomic E-state index is -0.343. The fraction of sp³-hybridized carbons (Fsp3) is 0.296. The highest BCUT2D eigenvalue weighted by molar-refractivity contribution is 7.20. The largest absolute Gasteiger partial charge is 0.458 e. The Kier molecular flexibility index (Phi) is 6.45. The zero-order valence-corrected chi connectivity index (χ0v) is 19.8. The van der Waals surface area contributed by atoms with Gasteiger partial charge in [-0.2, -0.15) is 0 Å². The number of rotatable bonds is 6. The van der Waals surface area contributed by atoms with Crippen molar-refractivity contribution < 1.29 is 14.3 Å². The Morgan fingerprint density at radius 3 is 2.62 bits per heavy atom. The molecule has 2 heterocycles. The molecule has 174 valence electrons. The number of para-hydroxylation sites is 1. The number of nitrogens with zero attached hydrogens (tertiary/aromatic N) is 2. The van der Waals surface area contributed by atoms with Crippen LogP contribution < -0.4 is 10.3 Å². The Morgan fingerprint density at radius 2 is 1.82 bits per heavy atom. The number of hydrogen-bond acceptors (Lipinski definition) is 6. The predicted molar refractivity (Wildman–Crippen MR) is 133 cm³/mol. The highest BCUT2D eigenvalue weighted by atomic mass is 32.1. The van der Waals surface area contributed by atoms with Gasteiger partial charge in [0.15, 0.2) is 0 Å². The van der Waals surface area contributed by atoms with Crippen LogP contribution >= 0.6 is 11.3 Å². The second-order valence-corrected chi connectivity index (χ2v) is 9.64. The highest BCUT2D eigenvalue weighted by Crippen LogP contribution is 2.30. The molecule has 5 rings (SSSR count). The molecule has 0 aliphatic heterocycles. The van der Waals surface area contributed by atoms with Gasteiger partial charge in [0.05, 0.1) is 18.3 Å². The molecule has 0 N–H and O–H groups in total. The zero-order chi connectivity index (χ0) is 23.5. The van der Waals surface area contributed by atoms with Crippen molar-refractivity contribution in [3.05, 3.63) is 87.3 Å². The van der Waals surface area contributed by atoms with Crippen LogP contribution in [0.15, 0.2) is 65.7 Å². The molecule has 34 heavy (non-hydrogen) atoms. The first-order chi connectivity index (χ1) is 16.6. The molecule has 0 atom stereocenters. The monoisotopic (exact) mass is 474 g/mol. The molecule has 0 saturated heterocycles. The summed E-state index contributed by atoms with van der Waals surface area (Å²) in [6.45, 7) is 2.16. The number of aromatic nitrogens is 2. The first kappa shape index (κ1) is 22.3. The molecule has 7 heteroatoms. The van der Waals surface area contributed by atoms with Gasteiger partial charge in [-0.25, -0.2) is 9.78 Å². The van der Waals surface area contributed by atoms with Crippen LogP contribution in [0.25, 0.3) is 10.2 Å². The van der Waals surface area contributed by atoms with Gasteiger partial charge in [-0.1, -0.05) is 36.8 Å². The summed E-state index contributed by atoms with van der Waals surface area (Å²) in [5, 5.41) is 0.486. The maximum Gasteiger partial charge on any atom is 0.348 e. The fourth-order valence-corrected chi connectivity index (χ4v) is 5.41. The lowest BCUT2D eigenvalue weighted by Gasteiger charge is -2.21. The van der Waals surface area contributed by atoms with Gasteiger partial charge in [0, 0.05) is 0 Å². The maximum atomic E-state index is 13.3. The SMILES string of the molecule is Cc1c(C(=O)OC2CCCCC2)sc2ncn(Cc3cccc(Oc4ccccc4)c3)c(=O)c12. The van der Waals surface area contributed by atoms with E-state index in [4.69, 9.17) is 9.47 Å². The van der Waals surface area contributed by atoms with E-state index in [1.807, 2.05) is 54.6 Å². The van der Waals surface area contributed by atoms with E-state index in [0.29, 0.717) is 33.0 Å². The molecule has 0 bridgehead atoms. The van der Waals surface area contributed by atoms with Crippen molar-refractivity contribution >= 4 is 27.5 Å². The van der Waals surface area contributed by atoms with Crippen LogP contribution in [-0.4, -0.2) is 21.6 Å². The Hall–Kier alpha value is -3.45. The molecule has 1 saturated carbocycles. The number of carbonyl (C=O) groups is 1. The highest BCUT2D eigenvalue weighted by Gasteiger charge is 2.24. The molecule has 0 unspecified atom stereocenters. The molecular weight excluding hydrogens is 448 g/mol. The third kappa shape index (κ3) is 4.75. The molecule has 4 aromatic rings. The van der Waals surface area contributed by atoms with Crippen molar-refractivity contribution in [1.82, 2.24) is 9.55 Å². The van der Waals surface area contributed by atoms with E-state index in [1.165, 1.54) is 17.8 Å². The standard InChI is InChI=1S/C27H26N2O4S/c1-18-23-25(34-24(18)27(31)33-21-12-6-3-7-13-21)28-17-29(26(23)30)16-19-9-8-14-22(15-19)32-20-10-4-2-5-11-20/h2,4-5,8-11,14-15,17,21H,3,6-7,12-13,16H2,1H3. The third-order valence-electron chi connectivity index (χ3n) is 6.16. The Balaban J connectivity index is 1.38. The zero-order valence-electron chi connectivity index (χ0n) is 19.0. The first-order valence-corrected chi connectivity index (χ1v) is 12.4. The number of thiophene rings is 1. The summed E-state index contributed by atoms with van der Waals surface area (Å²) in [4.78, 5) is 31.6. The summed E-state index contributed by atoms with van der Waals surface area (Å²) in [7, 11) is 0. The van der Waals surface area contributed by atoms with Gasteiger partial charge in [0.1, 0.15) is 27.3 Å². The minimum absolute atomic E-state index is 0.0270. The van der Waals surface area contributed by atoms with Crippen molar-refractivity contribution in [2.24, 2.45) is 0 Å². The lowest BCUT2D eigenvalue weighted by molar-refractivity contribution is 0.0216. The number of fused-ring (bicyclic) bond motifs is 1. The molecular formula is C27H26N2O4S. The number of benzene rings is 2. The van der Waals surface area contributed by atoms with E-state index in [0.717, 1.165) is 37.0 Å². The second kappa shape index (κ2) is 9.81. The van der Waals surface area contributed by atoms with Crippen molar-refractivity contribution in [3.8, 4) is 11.5 Å². The van der Waals surface area contributed by atoms with Crippen LogP contribution in [0.4, 0.5) is 0 Å². The average molecular weight is 475 g/mol. The topological polar surface area (TPSA) is 70.4 Å². The third-order valence-corrected chi connectivity index (χ3v) is 7.34. The molecule has 0 amide bonds. The summed E-state index contributed by atoms with van der Waals surface area (Å²) in [5.41, 5.74) is 1.40. The smallest absolute Gasteiger partial charge is 0.348 e. The summed E-state index contributed by atoms with van der Waals surface area (Å²) in [5.74, 6) is 1.11. The number of carbonyl (C=O) groups excluding carboxylic acids is 1. The minimum Gasteiger partial charge on any atom is -0.458 e. The van der Waals surface area contributed by atoms with E-state index < -0.39 is 0 Å². The van der Waals surface area contributed by atoms with Crippen LogP contribution in [0.5, 0.6) is 11.5 Å². The van der Waals surface area contributed by atoms with Gasteiger partial charge in [-0.15, -0.1) is 11.3 Å². The molecule has 1 aliphatic rings. The normalized spacial score (nSPS) is 14.3. The summed E-state index contributed by atoms with van der Waals surface area (Å²) >= 11 is 1.23. The summed E-state index contributed by atoms with van der Waals surface area (Å²) in [6, 6.07) is 17.2. The fourth-order valence-electron chi connectivity index (χ4n) is 4.38. The number of aryl methyl sites for hydroxylation is 1.